The fourth-order valence-electron chi connectivity index (χ4n) is 2.34. The number of halogens is 2. The van der Waals surface area contributed by atoms with Gasteiger partial charge in [-0.05, 0) is 19.1 Å². The summed E-state index contributed by atoms with van der Waals surface area (Å²) in [7, 11) is 0. The first-order valence-corrected chi connectivity index (χ1v) is 8.85. The number of anilines is 3. The molecule has 0 aliphatic carbocycles. The van der Waals surface area contributed by atoms with Crippen molar-refractivity contribution in [1.82, 2.24) is 9.97 Å². The van der Waals surface area contributed by atoms with Crippen molar-refractivity contribution in [1.29, 1.82) is 0 Å². The molecule has 0 fully saturated rings. The van der Waals surface area contributed by atoms with Gasteiger partial charge in [-0.15, -0.1) is 0 Å². The van der Waals surface area contributed by atoms with Crippen molar-refractivity contribution in [3.8, 4) is 11.3 Å². The highest BCUT2D eigenvalue weighted by atomic mass is 35.5. The van der Waals surface area contributed by atoms with Crippen molar-refractivity contribution in [2.24, 2.45) is 0 Å². The van der Waals surface area contributed by atoms with Crippen molar-refractivity contribution in [2.75, 3.05) is 17.2 Å². The second kappa shape index (κ2) is 8.36. The van der Waals surface area contributed by atoms with Crippen molar-refractivity contribution in [3.05, 3.63) is 64.6 Å². The minimum atomic E-state index is -0.177. The van der Waals surface area contributed by atoms with Crippen molar-refractivity contribution >= 4 is 40.7 Å². The topological polar surface area (TPSA) is 70.1 Å². The molecule has 134 valence electrons. The molecule has 0 saturated heterocycles. The largest absolute Gasteiger partial charge is 0.394 e. The minimum absolute atomic E-state index is 0.0260. The van der Waals surface area contributed by atoms with Crippen LogP contribution in [0.15, 0.2) is 54.6 Å². The molecular weight excluding hydrogens is 371 g/mol. The molecule has 0 unspecified atom stereocenters. The summed E-state index contributed by atoms with van der Waals surface area (Å²) in [5.41, 5.74) is 2.35. The third kappa shape index (κ3) is 4.43. The Morgan fingerprint density at radius 2 is 1.81 bits per heavy atom. The number of hydrogen-bond donors (Lipinski definition) is 3. The number of rotatable bonds is 6. The Morgan fingerprint density at radius 3 is 2.54 bits per heavy atom. The summed E-state index contributed by atoms with van der Waals surface area (Å²) in [5, 5.41) is 16.4. The molecule has 2 aromatic carbocycles. The number of aromatic nitrogens is 2. The molecule has 26 heavy (non-hydrogen) atoms. The van der Waals surface area contributed by atoms with Gasteiger partial charge in [0.15, 0.2) is 0 Å². The standard InChI is InChI=1S/C19H18Cl2N4O/c1-12(11-26)22-19-24-16(13-6-3-2-4-7-13)10-17(25-19)23-15-9-5-8-14(20)18(15)21/h2-10,12,26H,11H2,1H3,(H2,22,23,24,25)/t12-/m0/s1. The lowest BCUT2D eigenvalue weighted by Gasteiger charge is -2.15. The molecule has 0 amide bonds. The molecular formula is C19H18Cl2N4O. The Hall–Kier alpha value is -2.34. The fourth-order valence-corrected chi connectivity index (χ4v) is 2.68. The summed E-state index contributed by atoms with van der Waals surface area (Å²) in [5.74, 6) is 0.976. The average Bonchev–Trinajstić information content (AvgIpc) is 2.66. The molecule has 3 aromatic rings. The zero-order valence-corrected chi connectivity index (χ0v) is 15.6. The third-order valence-corrected chi connectivity index (χ3v) is 4.48. The molecule has 0 aliphatic rings. The lowest BCUT2D eigenvalue weighted by Crippen LogP contribution is -2.21. The normalized spacial score (nSPS) is 11.8. The van der Waals surface area contributed by atoms with Gasteiger partial charge in [0.05, 0.1) is 28.0 Å². The second-order valence-corrected chi connectivity index (χ2v) is 6.57. The number of aliphatic hydroxyl groups is 1. The zero-order valence-electron chi connectivity index (χ0n) is 14.1. The van der Waals surface area contributed by atoms with Crippen LogP contribution in [0, 0.1) is 0 Å². The highest BCUT2D eigenvalue weighted by Gasteiger charge is 2.11. The Morgan fingerprint density at radius 1 is 1.04 bits per heavy atom. The van der Waals surface area contributed by atoms with Gasteiger partial charge in [0, 0.05) is 17.7 Å². The van der Waals surface area contributed by atoms with Crippen LogP contribution in [0.5, 0.6) is 0 Å². The average molecular weight is 389 g/mol. The van der Waals surface area contributed by atoms with E-state index in [4.69, 9.17) is 23.2 Å². The Labute approximate surface area is 162 Å². The third-order valence-electron chi connectivity index (χ3n) is 3.66. The minimum Gasteiger partial charge on any atom is -0.394 e. The first-order valence-electron chi connectivity index (χ1n) is 8.09. The summed E-state index contributed by atoms with van der Waals surface area (Å²) in [4.78, 5) is 9.01. The van der Waals surface area contributed by atoms with Crippen LogP contribution in [0.1, 0.15) is 6.92 Å². The molecule has 0 radical (unpaired) electrons. The summed E-state index contributed by atoms with van der Waals surface area (Å²) in [6, 6.07) is 16.8. The molecule has 1 heterocycles. The van der Waals surface area contributed by atoms with E-state index in [-0.39, 0.29) is 12.6 Å². The van der Waals surface area contributed by atoms with Gasteiger partial charge in [0.1, 0.15) is 5.82 Å². The maximum absolute atomic E-state index is 9.29. The highest BCUT2D eigenvalue weighted by Crippen LogP contribution is 2.32. The molecule has 3 N–H and O–H groups in total. The van der Waals surface area contributed by atoms with Gasteiger partial charge in [-0.25, -0.2) is 4.98 Å². The van der Waals surface area contributed by atoms with Gasteiger partial charge >= 0.3 is 0 Å². The van der Waals surface area contributed by atoms with Crippen LogP contribution in [0.4, 0.5) is 17.5 Å². The maximum atomic E-state index is 9.29. The van der Waals surface area contributed by atoms with Crippen LogP contribution in [-0.2, 0) is 0 Å². The molecule has 0 spiro atoms. The van der Waals surface area contributed by atoms with E-state index >= 15 is 0 Å². The molecule has 0 bridgehead atoms. The smallest absolute Gasteiger partial charge is 0.225 e. The van der Waals surface area contributed by atoms with Gasteiger partial charge < -0.3 is 15.7 Å². The van der Waals surface area contributed by atoms with E-state index in [9.17, 15) is 5.11 Å². The van der Waals surface area contributed by atoms with E-state index in [0.717, 1.165) is 11.3 Å². The highest BCUT2D eigenvalue weighted by molar-refractivity contribution is 6.43. The van der Waals surface area contributed by atoms with Gasteiger partial charge in [0.2, 0.25) is 5.95 Å². The number of hydrogen-bond acceptors (Lipinski definition) is 5. The van der Waals surface area contributed by atoms with Crippen molar-refractivity contribution < 1.29 is 5.11 Å². The van der Waals surface area contributed by atoms with E-state index in [1.54, 1.807) is 6.07 Å². The SMILES string of the molecule is C[C@@H](CO)Nc1nc(Nc2cccc(Cl)c2Cl)cc(-c2ccccc2)n1. The van der Waals surface area contributed by atoms with E-state index in [2.05, 4.69) is 20.6 Å². The van der Waals surface area contributed by atoms with Crippen LogP contribution in [0.2, 0.25) is 10.0 Å². The van der Waals surface area contributed by atoms with Crippen LogP contribution in [-0.4, -0.2) is 27.7 Å². The summed E-state index contributed by atoms with van der Waals surface area (Å²) in [6.45, 7) is 1.82. The lowest BCUT2D eigenvalue weighted by molar-refractivity contribution is 0.281. The Bertz CT molecular complexity index is 890. The molecule has 3 rings (SSSR count). The summed E-state index contributed by atoms with van der Waals surface area (Å²) < 4.78 is 0. The fraction of sp³-hybridized carbons (Fsp3) is 0.158. The second-order valence-electron chi connectivity index (χ2n) is 5.78. The summed E-state index contributed by atoms with van der Waals surface area (Å²) >= 11 is 12.3. The van der Waals surface area contributed by atoms with Gasteiger partial charge in [0.25, 0.3) is 0 Å². The first kappa shape index (κ1) is 18.5. The summed E-state index contributed by atoms with van der Waals surface area (Å²) in [6.07, 6.45) is 0. The molecule has 1 atom stereocenters. The molecule has 5 nitrogen and oxygen atoms in total. The van der Waals surface area contributed by atoms with Crippen molar-refractivity contribution in [3.63, 3.8) is 0 Å². The van der Waals surface area contributed by atoms with Gasteiger partial charge in [-0.1, -0.05) is 59.6 Å². The van der Waals surface area contributed by atoms with Crippen LogP contribution in [0.25, 0.3) is 11.3 Å². The molecule has 0 saturated carbocycles. The predicted molar refractivity (Wildman–Crippen MR) is 107 cm³/mol. The predicted octanol–water partition coefficient (Wildman–Crippen LogP) is 4.99. The Kier molecular flexibility index (Phi) is 5.93. The first-order chi connectivity index (χ1) is 12.6. The van der Waals surface area contributed by atoms with E-state index in [1.165, 1.54) is 0 Å². The molecule has 7 heteroatoms. The molecule has 0 aliphatic heterocycles. The monoisotopic (exact) mass is 388 g/mol. The van der Waals surface area contributed by atoms with Gasteiger partial charge in [-0.3, -0.25) is 0 Å². The van der Waals surface area contributed by atoms with Crippen LogP contribution < -0.4 is 10.6 Å². The number of benzene rings is 2. The number of nitrogens with zero attached hydrogens (tertiary/aromatic N) is 2. The molecule has 1 aromatic heterocycles. The Balaban J connectivity index is 2.00. The van der Waals surface area contributed by atoms with E-state index < -0.39 is 0 Å². The van der Waals surface area contributed by atoms with Crippen LogP contribution in [0.3, 0.4) is 0 Å². The van der Waals surface area contributed by atoms with Gasteiger partial charge in [-0.2, -0.15) is 4.98 Å². The zero-order chi connectivity index (χ0) is 18.5. The van der Waals surface area contributed by atoms with E-state index in [0.29, 0.717) is 27.5 Å². The lowest BCUT2D eigenvalue weighted by atomic mass is 10.1. The number of aliphatic hydroxyl groups excluding tert-OH is 1. The van der Waals surface area contributed by atoms with Crippen molar-refractivity contribution in [2.45, 2.75) is 13.0 Å². The van der Waals surface area contributed by atoms with Crippen LogP contribution >= 0.6 is 23.2 Å². The number of nitrogens with one attached hydrogen (secondary N) is 2. The quantitative estimate of drug-likeness (QED) is 0.554. The van der Waals surface area contributed by atoms with E-state index in [1.807, 2.05) is 55.5 Å². The maximum Gasteiger partial charge on any atom is 0.225 e.